The third kappa shape index (κ3) is 2.98. The first-order valence-corrected chi connectivity index (χ1v) is 6.96. The maximum atomic E-state index is 11.3. The summed E-state index contributed by atoms with van der Waals surface area (Å²) in [4.78, 5) is 16.7. The number of carbonyl (C=O) groups excluding carboxylic acids is 1. The van der Waals surface area contributed by atoms with Crippen LogP contribution in [0.1, 0.15) is 40.2 Å². The number of aryl methyl sites for hydroxylation is 1. The fourth-order valence-corrected chi connectivity index (χ4v) is 2.26. The summed E-state index contributed by atoms with van der Waals surface area (Å²) in [5, 5.41) is 11.8. The Kier molecular flexibility index (Phi) is 4.13. The monoisotopic (exact) mass is 301 g/mol. The van der Waals surface area contributed by atoms with E-state index >= 15 is 0 Å². The van der Waals surface area contributed by atoms with E-state index in [0.29, 0.717) is 17.9 Å². The highest BCUT2D eigenvalue weighted by atomic mass is 16.6. The molecule has 114 valence electrons. The van der Waals surface area contributed by atoms with Gasteiger partial charge in [-0.15, -0.1) is 0 Å². The third-order valence-electron chi connectivity index (χ3n) is 3.44. The van der Waals surface area contributed by atoms with Gasteiger partial charge in [-0.25, -0.2) is 9.42 Å². The van der Waals surface area contributed by atoms with Gasteiger partial charge in [0, 0.05) is 0 Å². The lowest BCUT2D eigenvalue weighted by Gasteiger charge is -2.09. The first-order chi connectivity index (χ1) is 10.8. The summed E-state index contributed by atoms with van der Waals surface area (Å²) in [6.45, 7) is 0.311. The Morgan fingerprint density at radius 1 is 1.27 bits per heavy atom. The van der Waals surface area contributed by atoms with Gasteiger partial charge in [-0.1, -0.05) is 22.4 Å². The lowest BCUT2D eigenvalue weighted by Crippen LogP contribution is -2.12. The molecular formula is C15H15N3O4. The highest BCUT2D eigenvalue weighted by Crippen LogP contribution is 2.18. The molecule has 0 aliphatic heterocycles. The van der Waals surface area contributed by atoms with E-state index < -0.39 is 0 Å². The Morgan fingerprint density at radius 3 is 2.86 bits per heavy atom. The number of ether oxygens (including phenoxy) is 1. The molecule has 1 aromatic heterocycles. The summed E-state index contributed by atoms with van der Waals surface area (Å²) in [6, 6.07) is 6.99. The molecule has 0 saturated carbocycles. The topological polar surface area (TPSA) is 86.8 Å². The molecule has 0 radical (unpaired) electrons. The standard InChI is InChI=1S/C15H15N3O4/c1-20-15(19)11-7-5-10(6-8-11)9-21-16-12-3-2-4-13-14(12)18-22-17-13/h5-8H,2-4,9H2,1H3. The molecule has 1 aromatic carbocycles. The summed E-state index contributed by atoms with van der Waals surface area (Å²) in [7, 11) is 1.35. The normalized spacial score (nSPS) is 15.4. The average Bonchev–Trinajstić information content (AvgIpc) is 3.04. The molecule has 0 bridgehead atoms. The van der Waals surface area contributed by atoms with E-state index in [1.807, 2.05) is 0 Å². The van der Waals surface area contributed by atoms with Gasteiger partial charge >= 0.3 is 5.97 Å². The number of methoxy groups -OCH3 is 1. The predicted molar refractivity (Wildman–Crippen MR) is 76.3 cm³/mol. The fraction of sp³-hybridized carbons (Fsp3) is 0.333. The molecule has 1 heterocycles. The van der Waals surface area contributed by atoms with Gasteiger partial charge in [-0.05, 0) is 42.1 Å². The van der Waals surface area contributed by atoms with Crippen LogP contribution in [0, 0.1) is 0 Å². The molecule has 0 saturated heterocycles. The summed E-state index contributed by atoms with van der Waals surface area (Å²) in [6.07, 6.45) is 2.60. The summed E-state index contributed by atoms with van der Waals surface area (Å²) < 4.78 is 9.38. The first kappa shape index (κ1) is 14.2. The maximum absolute atomic E-state index is 11.3. The van der Waals surface area contributed by atoms with Crippen LogP contribution in [-0.4, -0.2) is 29.1 Å². The Bertz CT molecular complexity index is 691. The van der Waals surface area contributed by atoms with Gasteiger partial charge in [-0.3, -0.25) is 0 Å². The molecule has 22 heavy (non-hydrogen) atoms. The van der Waals surface area contributed by atoms with E-state index in [1.165, 1.54) is 7.11 Å². The number of nitrogens with zero attached hydrogens (tertiary/aromatic N) is 3. The average molecular weight is 301 g/mol. The molecule has 7 heteroatoms. The van der Waals surface area contributed by atoms with E-state index in [2.05, 4.69) is 20.2 Å². The van der Waals surface area contributed by atoms with Crippen molar-refractivity contribution in [1.82, 2.24) is 10.3 Å². The summed E-state index contributed by atoms with van der Waals surface area (Å²) in [5.74, 6) is -0.360. The van der Waals surface area contributed by atoms with Crippen molar-refractivity contribution in [3.05, 3.63) is 46.8 Å². The molecular weight excluding hydrogens is 286 g/mol. The zero-order valence-electron chi connectivity index (χ0n) is 12.1. The van der Waals surface area contributed by atoms with Crippen molar-refractivity contribution in [3.8, 4) is 0 Å². The van der Waals surface area contributed by atoms with Crippen molar-refractivity contribution in [2.75, 3.05) is 7.11 Å². The number of oxime groups is 1. The Labute approximate surface area is 126 Å². The minimum Gasteiger partial charge on any atom is -0.465 e. The van der Waals surface area contributed by atoms with Crippen LogP contribution in [0.2, 0.25) is 0 Å². The van der Waals surface area contributed by atoms with E-state index in [9.17, 15) is 4.79 Å². The molecule has 0 N–H and O–H groups in total. The van der Waals surface area contributed by atoms with Crippen molar-refractivity contribution < 1.29 is 19.0 Å². The second kappa shape index (κ2) is 6.38. The quantitative estimate of drug-likeness (QED) is 0.635. The lowest BCUT2D eigenvalue weighted by atomic mass is 9.99. The SMILES string of the molecule is COC(=O)c1ccc(CON=C2CCCc3nonc32)cc1. The van der Waals surface area contributed by atoms with Gasteiger partial charge in [-0.2, -0.15) is 0 Å². The van der Waals surface area contributed by atoms with Crippen molar-refractivity contribution in [2.24, 2.45) is 5.16 Å². The number of carbonyl (C=O) groups is 1. The molecule has 1 aliphatic carbocycles. The van der Waals surface area contributed by atoms with Crippen molar-refractivity contribution in [3.63, 3.8) is 0 Å². The minimum absolute atomic E-state index is 0.311. The van der Waals surface area contributed by atoms with Crippen molar-refractivity contribution in [2.45, 2.75) is 25.9 Å². The Morgan fingerprint density at radius 2 is 2.09 bits per heavy atom. The number of esters is 1. The lowest BCUT2D eigenvalue weighted by molar-refractivity contribution is 0.0600. The molecule has 0 amide bonds. The number of aromatic nitrogens is 2. The van der Waals surface area contributed by atoms with Crippen molar-refractivity contribution >= 4 is 11.7 Å². The number of benzene rings is 1. The number of hydrogen-bond acceptors (Lipinski definition) is 7. The molecule has 0 unspecified atom stereocenters. The second-order valence-corrected chi connectivity index (χ2v) is 4.91. The first-order valence-electron chi connectivity index (χ1n) is 6.96. The molecule has 1 aliphatic rings. The van der Waals surface area contributed by atoms with E-state index in [4.69, 9.17) is 9.47 Å². The van der Waals surface area contributed by atoms with Gasteiger partial charge in [0.2, 0.25) is 0 Å². The summed E-state index contributed by atoms with van der Waals surface area (Å²) >= 11 is 0. The smallest absolute Gasteiger partial charge is 0.337 e. The van der Waals surface area contributed by atoms with Crippen LogP contribution in [0.25, 0.3) is 0 Å². The van der Waals surface area contributed by atoms with Gasteiger partial charge in [0.25, 0.3) is 0 Å². The molecule has 0 spiro atoms. The minimum atomic E-state index is -0.360. The number of rotatable bonds is 4. The van der Waals surface area contributed by atoms with Crippen molar-refractivity contribution in [1.29, 1.82) is 0 Å². The molecule has 0 atom stereocenters. The van der Waals surface area contributed by atoms with E-state index in [-0.39, 0.29) is 5.97 Å². The van der Waals surface area contributed by atoms with Crippen LogP contribution in [0.15, 0.2) is 34.1 Å². The van der Waals surface area contributed by atoms with Crippen LogP contribution in [0.5, 0.6) is 0 Å². The van der Waals surface area contributed by atoms with Crippen LogP contribution in [0.3, 0.4) is 0 Å². The highest BCUT2D eigenvalue weighted by Gasteiger charge is 2.21. The molecule has 2 aromatic rings. The Hall–Kier alpha value is -2.70. The third-order valence-corrected chi connectivity index (χ3v) is 3.44. The highest BCUT2D eigenvalue weighted by molar-refractivity contribution is 6.00. The van der Waals surface area contributed by atoms with E-state index in [1.54, 1.807) is 24.3 Å². The van der Waals surface area contributed by atoms with Crippen LogP contribution >= 0.6 is 0 Å². The van der Waals surface area contributed by atoms with E-state index in [0.717, 1.165) is 36.2 Å². The number of hydrogen-bond donors (Lipinski definition) is 0. The molecule has 0 fully saturated rings. The van der Waals surface area contributed by atoms with Gasteiger partial charge < -0.3 is 9.57 Å². The molecule has 7 nitrogen and oxygen atoms in total. The van der Waals surface area contributed by atoms with Gasteiger partial charge in [0.05, 0.1) is 12.7 Å². The van der Waals surface area contributed by atoms with Crippen LogP contribution in [0.4, 0.5) is 0 Å². The predicted octanol–water partition coefficient (Wildman–Crippen LogP) is 2.11. The van der Waals surface area contributed by atoms with Gasteiger partial charge in [0.1, 0.15) is 18.0 Å². The van der Waals surface area contributed by atoms with Crippen LogP contribution in [-0.2, 0) is 22.6 Å². The molecule has 3 rings (SSSR count). The maximum Gasteiger partial charge on any atom is 0.337 e. The second-order valence-electron chi connectivity index (χ2n) is 4.91. The van der Waals surface area contributed by atoms with Crippen LogP contribution < -0.4 is 0 Å². The summed E-state index contributed by atoms with van der Waals surface area (Å²) in [5.41, 5.74) is 3.69. The Balaban J connectivity index is 1.62. The number of fused-ring (bicyclic) bond motifs is 1. The zero-order valence-corrected chi connectivity index (χ0v) is 12.1. The van der Waals surface area contributed by atoms with Gasteiger partial charge in [0.15, 0.2) is 5.69 Å². The zero-order chi connectivity index (χ0) is 15.4. The largest absolute Gasteiger partial charge is 0.465 e. The fourth-order valence-electron chi connectivity index (χ4n) is 2.26.